The van der Waals surface area contributed by atoms with Crippen LogP contribution in [0.3, 0.4) is 0 Å². The molecule has 0 aliphatic heterocycles. The SMILES string of the molecule is CCCCCCCCCCCC(=O)[NH][Zr+2]([C]1=CC=CC1)[SiH](C)C.[Cl-].[Cl-]. The fourth-order valence-electron chi connectivity index (χ4n) is 3.05. The molecular formula is C19H36Cl2NOSiZr. The Hall–Kier alpha value is 0.630. The van der Waals surface area contributed by atoms with Crippen LogP contribution in [0, 0.1) is 0 Å². The monoisotopic (exact) mass is 482 g/mol. The molecule has 1 aliphatic carbocycles. The van der Waals surface area contributed by atoms with Crippen LogP contribution < -0.4 is 28.1 Å². The maximum absolute atomic E-state index is 12.2. The molecule has 0 aromatic carbocycles. The first-order valence-electron chi connectivity index (χ1n) is 9.68. The molecule has 0 aromatic rings. The van der Waals surface area contributed by atoms with Gasteiger partial charge in [0.15, 0.2) is 0 Å². The fraction of sp³-hybridized carbons (Fsp3) is 0.737. The van der Waals surface area contributed by atoms with Gasteiger partial charge in [-0.25, -0.2) is 0 Å². The summed E-state index contributed by atoms with van der Waals surface area (Å²) in [6.07, 6.45) is 20.4. The van der Waals surface area contributed by atoms with E-state index in [4.69, 9.17) is 0 Å². The van der Waals surface area contributed by atoms with E-state index in [2.05, 4.69) is 41.5 Å². The summed E-state index contributed by atoms with van der Waals surface area (Å²) in [4.78, 5) is 12.2. The minimum absolute atomic E-state index is 0. The molecule has 0 atom stereocenters. The molecule has 0 bridgehead atoms. The Morgan fingerprint density at radius 2 is 1.60 bits per heavy atom. The Kier molecular flexibility index (Phi) is 20.1. The summed E-state index contributed by atoms with van der Waals surface area (Å²) in [5.74, 6) is -0.361. The smallest absolute Gasteiger partial charge is 1.00 e. The summed E-state index contributed by atoms with van der Waals surface area (Å²) in [5.41, 5.74) is 0. The maximum Gasteiger partial charge on any atom is -1.00 e. The molecule has 0 spiro atoms. The molecule has 145 valence electrons. The van der Waals surface area contributed by atoms with Gasteiger partial charge in [-0.2, -0.15) is 0 Å². The third-order valence-electron chi connectivity index (χ3n) is 4.48. The van der Waals surface area contributed by atoms with Crippen molar-refractivity contribution in [2.45, 2.75) is 90.6 Å². The van der Waals surface area contributed by atoms with Gasteiger partial charge in [-0.3, -0.25) is 0 Å². The summed E-state index contributed by atoms with van der Waals surface area (Å²) in [6, 6.07) is 0. The van der Waals surface area contributed by atoms with Crippen molar-refractivity contribution in [3.8, 4) is 0 Å². The Bertz CT molecular complexity index is 403. The van der Waals surface area contributed by atoms with Gasteiger partial charge in [-0.1, -0.05) is 6.92 Å². The van der Waals surface area contributed by atoms with Crippen molar-refractivity contribution in [2.75, 3.05) is 0 Å². The first kappa shape index (κ1) is 27.8. The van der Waals surface area contributed by atoms with Crippen LogP contribution >= 0.6 is 0 Å². The molecule has 6 heteroatoms. The van der Waals surface area contributed by atoms with E-state index in [0.717, 1.165) is 19.3 Å². The van der Waals surface area contributed by atoms with Crippen molar-refractivity contribution in [2.24, 2.45) is 0 Å². The minimum Gasteiger partial charge on any atom is -1.00 e. The van der Waals surface area contributed by atoms with Crippen molar-refractivity contribution in [3.05, 3.63) is 21.5 Å². The second kappa shape index (κ2) is 18.0. The van der Waals surface area contributed by atoms with Gasteiger partial charge in [-0.05, 0) is 0 Å². The normalized spacial score (nSPS) is 12.4. The first-order chi connectivity index (χ1) is 11.1. The Labute approximate surface area is 177 Å². The maximum atomic E-state index is 12.2. The largest absolute Gasteiger partial charge is 1.00 e. The third kappa shape index (κ3) is 13.4. The number of rotatable bonds is 13. The summed E-state index contributed by atoms with van der Waals surface area (Å²) in [6.45, 7) is 7.08. The predicted octanol–water partition coefficient (Wildman–Crippen LogP) is -0.608. The topological polar surface area (TPSA) is 29.1 Å². The Morgan fingerprint density at radius 3 is 2.08 bits per heavy atom. The van der Waals surface area contributed by atoms with Crippen LogP contribution in [0.15, 0.2) is 21.5 Å². The summed E-state index contributed by atoms with van der Waals surface area (Å²) in [7, 11) is 0. The molecule has 0 fully saturated rings. The standard InChI is InChI=1S/C12H25NO.C5H5.C2H7Si.2ClH.Zr/c1-2-3-4-5-6-7-8-9-10-11-12(13)14;1-2-4-5-3-1;1-3-2;;;/h2-11H2,1H3,(H2,13,14);1-3H,4H2;3H,1-2H3;2*1H;/q;;;;;+3/p-3. The first-order valence-corrected chi connectivity index (χ1v) is 19.3. The molecule has 0 unspecified atom stereocenters. The van der Waals surface area contributed by atoms with E-state index >= 15 is 0 Å². The van der Waals surface area contributed by atoms with E-state index in [1.165, 1.54) is 51.4 Å². The van der Waals surface area contributed by atoms with Crippen molar-refractivity contribution in [1.29, 1.82) is 0 Å². The molecule has 1 rings (SSSR count). The van der Waals surface area contributed by atoms with E-state index in [9.17, 15) is 4.79 Å². The molecule has 0 saturated heterocycles. The van der Waals surface area contributed by atoms with Gasteiger partial charge in [0, 0.05) is 0 Å². The van der Waals surface area contributed by atoms with Gasteiger partial charge in [-0.15, -0.1) is 0 Å². The molecule has 0 saturated carbocycles. The summed E-state index contributed by atoms with van der Waals surface area (Å²) in [5, 5.41) is 0. The van der Waals surface area contributed by atoms with E-state index in [0.29, 0.717) is 5.91 Å². The fourth-order valence-corrected chi connectivity index (χ4v) is 16.8. The Morgan fingerprint density at radius 1 is 1.04 bits per heavy atom. The summed E-state index contributed by atoms with van der Waals surface area (Å²) >= 11 is -1.79. The average Bonchev–Trinajstić information content (AvgIpc) is 3.04. The number of allylic oxidation sites excluding steroid dienone is 4. The number of halogens is 2. The predicted molar refractivity (Wildman–Crippen MR) is 101 cm³/mol. The number of nitrogens with one attached hydrogen (secondary N) is 1. The van der Waals surface area contributed by atoms with Crippen LogP contribution in [0.5, 0.6) is 0 Å². The minimum atomic E-state index is -1.79. The van der Waals surface area contributed by atoms with E-state index in [1.54, 1.807) is 3.28 Å². The number of carbonyl (C=O) groups excluding carboxylic acids is 1. The zero-order valence-electron chi connectivity index (χ0n) is 16.3. The van der Waals surface area contributed by atoms with E-state index < -0.39 is 27.1 Å². The van der Waals surface area contributed by atoms with Gasteiger partial charge in [0.25, 0.3) is 0 Å². The van der Waals surface area contributed by atoms with Gasteiger partial charge in [0.2, 0.25) is 0 Å². The van der Waals surface area contributed by atoms with Crippen LogP contribution in [0.1, 0.15) is 77.6 Å². The van der Waals surface area contributed by atoms with Crippen LogP contribution in [-0.2, 0) is 26.0 Å². The summed E-state index contributed by atoms with van der Waals surface area (Å²) < 4.78 is 5.10. The molecule has 0 radical (unpaired) electrons. The second-order valence-corrected chi connectivity index (χ2v) is 25.5. The van der Waals surface area contributed by atoms with Crippen LogP contribution in [0.4, 0.5) is 0 Å². The molecule has 1 aliphatic rings. The second-order valence-electron chi connectivity index (χ2n) is 7.02. The third-order valence-corrected chi connectivity index (χ3v) is 21.2. The van der Waals surface area contributed by atoms with E-state index in [-0.39, 0.29) is 24.8 Å². The van der Waals surface area contributed by atoms with Crippen LogP contribution in [0.2, 0.25) is 13.1 Å². The van der Waals surface area contributed by atoms with Crippen LogP contribution in [0.25, 0.3) is 0 Å². The molecule has 1 N–H and O–H groups in total. The number of amides is 1. The van der Waals surface area contributed by atoms with Crippen molar-refractivity contribution < 1.29 is 50.8 Å². The van der Waals surface area contributed by atoms with Gasteiger partial charge in [0.1, 0.15) is 0 Å². The number of unbranched alkanes of at least 4 members (excludes halogenated alkanes) is 8. The van der Waals surface area contributed by atoms with Crippen molar-refractivity contribution in [1.82, 2.24) is 3.26 Å². The molecule has 0 heterocycles. The number of hydrogen-bond donors (Lipinski definition) is 1. The van der Waals surface area contributed by atoms with E-state index in [1.807, 2.05) is 0 Å². The molecule has 25 heavy (non-hydrogen) atoms. The van der Waals surface area contributed by atoms with Crippen LogP contribution in [-0.4, -0.2) is 11.8 Å². The number of hydrogen-bond acceptors (Lipinski definition) is 1. The van der Waals surface area contributed by atoms with Gasteiger partial charge < -0.3 is 24.8 Å². The molecule has 2 nitrogen and oxygen atoms in total. The average molecular weight is 485 g/mol. The van der Waals surface area contributed by atoms with Crippen molar-refractivity contribution in [3.63, 3.8) is 0 Å². The Balaban J connectivity index is 0. The van der Waals surface area contributed by atoms with Gasteiger partial charge in [0.05, 0.1) is 0 Å². The number of carbonyl (C=O) groups is 1. The molecule has 1 amide bonds. The molecular weight excluding hydrogens is 448 g/mol. The van der Waals surface area contributed by atoms with Gasteiger partial charge >= 0.3 is 146 Å². The zero-order valence-corrected chi connectivity index (χ0v) is 21.4. The van der Waals surface area contributed by atoms with Crippen molar-refractivity contribution >= 4 is 11.8 Å². The molecule has 0 aromatic heterocycles. The zero-order chi connectivity index (χ0) is 16.9. The quantitative estimate of drug-likeness (QED) is 0.274.